The number of hydrogen-bond donors (Lipinski definition) is 4. The van der Waals surface area contributed by atoms with E-state index in [-0.39, 0.29) is 12.1 Å². The Kier molecular flexibility index (Phi) is 5.18. The zero-order chi connectivity index (χ0) is 17.6. The van der Waals surface area contributed by atoms with Crippen LogP contribution in [0.5, 0.6) is 0 Å². The molecule has 3 rings (SSSR count). The minimum Gasteiger partial charge on any atom is -0.338 e. The first-order valence-electron chi connectivity index (χ1n) is 8.39. The van der Waals surface area contributed by atoms with Gasteiger partial charge in [-0.1, -0.05) is 24.3 Å². The summed E-state index contributed by atoms with van der Waals surface area (Å²) < 4.78 is 0. The van der Waals surface area contributed by atoms with Gasteiger partial charge in [-0.15, -0.1) is 0 Å². The normalized spacial score (nSPS) is 13.0. The quantitative estimate of drug-likeness (QED) is 0.660. The highest BCUT2D eigenvalue weighted by Crippen LogP contribution is 2.27. The highest BCUT2D eigenvalue weighted by Gasteiger charge is 2.21. The summed E-state index contributed by atoms with van der Waals surface area (Å²) in [4.78, 5) is 24.0. The molecule has 1 saturated carbocycles. The molecule has 0 spiro atoms. The van der Waals surface area contributed by atoms with Gasteiger partial charge in [0.15, 0.2) is 0 Å². The van der Waals surface area contributed by atoms with Crippen molar-refractivity contribution >= 4 is 29.1 Å². The molecule has 0 unspecified atom stereocenters. The lowest BCUT2D eigenvalue weighted by Crippen LogP contribution is -2.30. The van der Waals surface area contributed by atoms with Crippen LogP contribution in [-0.2, 0) is 0 Å². The lowest BCUT2D eigenvalue weighted by Gasteiger charge is -2.13. The van der Waals surface area contributed by atoms with Gasteiger partial charge in [0, 0.05) is 23.6 Å². The van der Waals surface area contributed by atoms with Crippen LogP contribution in [0.1, 0.15) is 18.4 Å². The molecular formula is C19H22N4O2. The van der Waals surface area contributed by atoms with Crippen LogP contribution in [0.2, 0.25) is 0 Å². The van der Waals surface area contributed by atoms with Crippen LogP contribution in [0, 0.1) is 12.8 Å². The second kappa shape index (κ2) is 7.70. The van der Waals surface area contributed by atoms with E-state index in [0.717, 1.165) is 5.56 Å². The third-order valence-corrected chi connectivity index (χ3v) is 4.02. The monoisotopic (exact) mass is 338 g/mol. The fourth-order valence-electron chi connectivity index (χ4n) is 2.37. The van der Waals surface area contributed by atoms with Crippen molar-refractivity contribution in [3.05, 3.63) is 54.1 Å². The molecule has 2 aromatic rings. The number of nitrogens with one attached hydrogen (secondary N) is 4. The molecule has 4 amide bonds. The summed E-state index contributed by atoms with van der Waals surface area (Å²) >= 11 is 0. The maximum absolute atomic E-state index is 12.1. The van der Waals surface area contributed by atoms with Crippen molar-refractivity contribution in [2.75, 3.05) is 22.5 Å². The molecule has 1 aliphatic carbocycles. The minimum absolute atomic E-state index is 0.221. The highest BCUT2D eigenvalue weighted by atomic mass is 16.2. The number of amides is 4. The summed E-state index contributed by atoms with van der Waals surface area (Å²) in [7, 11) is 0. The first kappa shape index (κ1) is 16.8. The number of hydrogen-bond acceptors (Lipinski definition) is 2. The lowest BCUT2D eigenvalue weighted by molar-refractivity contribution is 0.251. The van der Waals surface area contributed by atoms with Crippen LogP contribution < -0.4 is 21.3 Å². The molecule has 0 radical (unpaired) electrons. The number of aryl methyl sites for hydroxylation is 1. The molecule has 0 saturated heterocycles. The molecule has 0 aromatic heterocycles. The molecule has 1 fully saturated rings. The summed E-state index contributed by atoms with van der Waals surface area (Å²) in [6.45, 7) is 2.62. The average Bonchev–Trinajstić information content (AvgIpc) is 3.41. The van der Waals surface area contributed by atoms with Gasteiger partial charge in [-0.3, -0.25) is 0 Å². The Morgan fingerprint density at radius 1 is 0.920 bits per heavy atom. The van der Waals surface area contributed by atoms with Crippen molar-refractivity contribution in [1.82, 2.24) is 5.32 Å². The molecule has 130 valence electrons. The second-order valence-corrected chi connectivity index (χ2v) is 6.25. The van der Waals surface area contributed by atoms with Gasteiger partial charge < -0.3 is 21.3 Å². The van der Waals surface area contributed by atoms with Crippen molar-refractivity contribution in [1.29, 1.82) is 0 Å². The maximum Gasteiger partial charge on any atom is 0.323 e. The van der Waals surface area contributed by atoms with Crippen molar-refractivity contribution in [2.24, 2.45) is 5.92 Å². The Morgan fingerprint density at radius 3 is 2.36 bits per heavy atom. The molecule has 2 aromatic carbocycles. The molecular weight excluding hydrogens is 316 g/mol. The topological polar surface area (TPSA) is 82.3 Å². The smallest absolute Gasteiger partial charge is 0.323 e. The van der Waals surface area contributed by atoms with Crippen molar-refractivity contribution in [2.45, 2.75) is 19.8 Å². The first-order valence-corrected chi connectivity index (χ1v) is 8.39. The average molecular weight is 338 g/mol. The Morgan fingerprint density at radius 2 is 1.64 bits per heavy atom. The number of para-hydroxylation sites is 1. The van der Waals surface area contributed by atoms with Crippen LogP contribution in [0.3, 0.4) is 0 Å². The molecule has 0 atom stereocenters. The molecule has 4 N–H and O–H groups in total. The van der Waals surface area contributed by atoms with Gasteiger partial charge in [-0.2, -0.15) is 0 Å². The standard InChI is InChI=1S/C19H22N4O2/c1-13-7-10-16(22-19(25)21-15-5-3-2-4-6-15)11-17(13)23-18(24)20-12-14-8-9-14/h2-7,10-11,14H,8-9,12H2,1H3,(H2,20,23,24)(H2,21,22,25). The van der Waals surface area contributed by atoms with Crippen LogP contribution in [-0.4, -0.2) is 18.6 Å². The van der Waals surface area contributed by atoms with Gasteiger partial charge in [-0.05, 0) is 55.5 Å². The number of benzene rings is 2. The van der Waals surface area contributed by atoms with Gasteiger partial charge in [0.2, 0.25) is 0 Å². The van der Waals surface area contributed by atoms with E-state index in [1.54, 1.807) is 12.1 Å². The highest BCUT2D eigenvalue weighted by molar-refractivity contribution is 6.00. The van der Waals surface area contributed by atoms with Crippen LogP contribution in [0.25, 0.3) is 0 Å². The maximum atomic E-state index is 12.1. The Balaban J connectivity index is 1.58. The van der Waals surface area contributed by atoms with Gasteiger partial charge in [0.25, 0.3) is 0 Å². The Hall–Kier alpha value is -3.02. The summed E-state index contributed by atoms with van der Waals surface area (Å²) in [6.07, 6.45) is 2.38. The van der Waals surface area contributed by atoms with E-state index in [4.69, 9.17) is 0 Å². The number of rotatable bonds is 5. The predicted octanol–water partition coefficient (Wildman–Crippen LogP) is 4.17. The van der Waals surface area contributed by atoms with Crippen molar-refractivity contribution < 1.29 is 9.59 Å². The number of carbonyl (C=O) groups is 2. The molecule has 6 nitrogen and oxygen atoms in total. The van der Waals surface area contributed by atoms with Gasteiger partial charge in [0.1, 0.15) is 0 Å². The zero-order valence-electron chi connectivity index (χ0n) is 14.1. The number of urea groups is 2. The third-order valence-electron chi connectivity index (χ3n) is 4.02. The van der Waals surface area contributed by atoms with E-state index >= 15 is 0 Å². The van der Waals surface area contributed by atoms with E-state index in [1.807, 2.05) is 43.3 Å². The summed E-state index contributed by atoms with van der Waals surface area (Å²) in [6, 6.07) is 14.1. The number of anilines is 3. The van der Waals surface area contributed by atoms with Crippen molar-refractivity contribution in [3.8, 4) is 0 Å². The van der Waals surface area contributed by atoms with Crippen LogP contribution in [0.15, 0.2) is 48.5 Å². The van der Waals surface area contributed by atoms with Gasteiger partial charge in [-0.25, -0.2) is 9.59 Å². The molecule has 1 aliphatic rings. The third kappa shape index (κ3) is 5.24. The van der Waals surface area contributed by atoms with Crippen LogP contribution >= 0.6 is 0 Å². The van der Waals surface area contributed by atoms with Crippen LogP contribution in [0.4, 0.5) is 26.7 Å². The first-order chi connectivity index (χ1) is 12.1. The fourth-order valence-corrected chi connectivity index (χ4v) is 2.37. The fraction of sp³-hybridized carbons (Fsp3) is 0.263. The Labute approximate surface area is 147 Å². The SMILES string of the molecule is Cc1ccc(NC(=O)Nc2ccccc2)cc1NC(=O)NCC1CC1. The molecule has 0 heterocycles. The molecule has 6 heteroatoms. The van der Waals surface area contributed by atoms with Crippen molar-refractivity contribution in [3.63, 3.8) is 0 Å². The zero-order valence-corrected chi connectivity index (χ0v) is 14.1. The molecule has 0 aliphatic heterocycles. The van der Waals surface area contributed by atoms with Gasteiger partial charge in [0.05, 0.1) is 0 Å². The lowest BCUT2D eigenvalue weighted by atomic mass is 10.2. The second-order valence-electron chi connectivity index (χ2n) is 6.25. The molecule has 0 bridgehead atoms. The van der Waals surface area contributed by atoms with E-state index in [2.05, 4.69) is 21.3 Å². The number of carbonyl (C=O) groups excluding carboxylic acids is 2. The predicted molar refractivity (Wildman–Crippen MR) is 100 cm³/mol. The summed E-state index contributed by atoms with van der Waals surface area (Å²) in [5, 5.41) is 11.2. The Bertz CT molecular complexity index is 757. The van der Waals surface area contributed by atoms with E-state index in [9.17, 15) is 9.59 Å². The van der Waals surface area contributed by atoms with E-state index in [0.29, 0.717) is 29.5 Å². The van der Waals surface area contributed by atoms with E-state index < -0.39 is 0 Å². The van der Waals surface area contributed by atoms with Gasteiger partial charge >= 0.3 is 12.1 Å². The largest absolute Gasteiger partial charge is 0.338 e. The summed E-state index contributed by atoms with van der Waals surface area (Å²) in [5.41, 5.74) is 2.92. The minimum atomic E-state index is -0.334. The molecule has 25 heavy (non-hydrogen) atoms. The van der Waals surface area contributed by atoms with E-state index in [1.165, 1.54) is 12.8 Å². The summed E-state index contributed by atoms with van der Waals surface area (Å²) in [5.74, 6) is 0.626.